The van der Waals surface area contributed by atoms with Crippen molar-refractivity contribution in [2.24, 2.45) is 0 Å². The average molecular weight is 352 g/mol. The molecule has 1 amide bonds. The Bertz CT molecular complexity index is 802. The van der Waals surface area contributed by atoms with Crippen LogP contribution in [0.1, 0.15) is 16.1 Å². The predicted molar refractivity (Wildman–Crippen MR) is 99.6 cm³/mol. The van der Waals surface area contributed by atoms with Crippen LogP contribution in [0.15, 0.2) is 63.9 Å². The van der Waals surface area contributed by atoms with Crippen molar-refractivity contribution < 1.29 is 9.21 Å². The highest BCUT2D eigenvalue weighted by molar-refractivity contribution is 7.08. The Labute approximate surface area is 151 Å². The van der Waals surface area contributed by atoms with E-state index in [0.29, 0.717) is 0 Å². The Hall–Kier alpha value is -2.37. The number of rotatable bonds is 4. The molecule has 5 heteroatoms. The zero-order valence-electron chi connectivity index (χ0n) is 13.9. The first kappa shape index (κ1) is 16.1. The van der Waals surface area contributed by atoms with Crippen molar-refractivity contribution in [3.05, 3.63) is 70.8 Å². The topological polar surface area (TPSA) is 36.7 Å². The highest BCUT2D eigenvalue weighted by Gasteiger charge is 2.22. The van der Waals surface area contributed by atoms with E-state index in [4.69, 9.17) is 4.42 Å². The van der Waals surface area contributed by atoms with Crippen LogP contribution in [0.2, 0.25) is 0 Å². The second-order valence-corrected chi connectivity index (χ2v) is 7.02. The van der Waals surface area contributed by atoms with Crippen LogP contribution in [0, 0.1) is 0 Å². The lowest BCUT2D eigenvalue weighted by atomic mass is 10.1. The lowest BCUT2D eigenvalue weighted by Crippen LogP contribution is -2.48. The number of hydrogen-bond acceptors (Lipinski definition) is 4. The van der Waals surface area contributed by atoms with Crippen LogP contribution in [-0.4, -0.2) is 41.9 Å². The van der Waals surface area contributed by atoms with Gasteiger partial charge in [0.1, 0.15) is 5.76 Å². The minimum absolute atomic E-state index is 0.120. The van der Waals surface area contributed by atoms with E-state index in [1.807, 2.05) is 41.3 Å². The molecule has 128 valence electrons. The summed E-state index contributed by atoms with van der Waals surface area (Å²) in [6.07, 6.45) is 1.70. The number of nitrogens with zero attached hydrogens (tertiary/aromatic N) is 2. The number of benzene rings is 1. The number of thiophene rings is 1. The highest BCUT2D eigenvalue weighted by Crippen LogP contribution is 2.23. The standard InChI is InChI=1S/C20H20N2O2S/c23-20(17-5-3-16(4-6-17)18-7-13-25-15-18)22-10-8-21(9-11-22)14-19-2-1-12-24-19/h1-7,12-13,15H,8-11,14H2. The van der Waals surface area contributed by atoms with E-state index in [0.717, 1.165) is 49.6 Å². The van der Waals surface area contributed by atoms with Gasteiger partial charge in [0.15, 0.2) is 0 Å². The first-order chi connectivity index (χ1) is 12.3. The van der Waals surface area contributed by atoms with Gasteiger partial charge < -0.3 is 9.32 Å². The molecule has 1 saturated heterocycles. The SMILES string of the molecule is O=C(c1ccc(-c2ccsc2)cc1)N1CCN(Cc2ccco2)CC1. The first-order valence-electron chi connectivity index (χ1n) is 8.46. The van der Waals surface area contributed by atoms with Crippen molar-refractivity contribution in [2.75, 3.05) is 26.2 Å². The fourth-order valence-electron chi connectivity index (χ4n) is 3.15. The van der Waals surface area contributed by atoms with E-state index in [9.17, 15) is 4.79 Å². The lowest BCUT2D eigenvalue weighted by molar-refractivity contribution is 0.0620. The molecule has 0 atom stereocenters. The molecule has 1 aliphatic rings. The van der Waals surface area contributed by atoms with Crippen molar-refractivity contribution in [1.82, 2.24) is 9.80 Å². The van der Waals surface area contributed by atoms with Crippen LogP contribution < -0.4 is 0 Å². The molecule has 3 aromatic rings. The van der Waals surface area contributed by atoms with E-state index in [1.165, 1.54) is 5.56 Å². The van der Waals surface area contributed by atoms with Gasteiger partial charge in [0, 0.05) is 31.7 Å². The zero-order chi connectivity index (χ0) is 17.1. The number of amides is 1. The minimum atomic E-state index is 0.120. The molecule has 0 bridgehead atoms. The number of carbonyl (C=O) groups is 1. The summed E-state index contributed by atoms with van der Waals surface area (Å²) >= 11 is 1.68. The van der Waals surface area contributed by atoms with Crippen molar-refractivity contribution in [3.8, 4) is 11.1 Å². The van der Waals surface area contributed by atoms with Gasteiger partial charge in [-0.3, -0.25) is 9.69 Å². The number of carbonyl (C=O) groups excluding carboxylic acids is 1. The third-order valence-corrected chi connectivity index (χ3v) is 5.29. The summed E-state index contributed by atoms with van der Waals surface area (Å²) in [6.45, 7) is 4.07. The van der Waals surface area contributed by atoms with Gasteiger partial charge >= 0.3 is 0 Å². The predicted octanol–water partition coefficient (Wildman–Crippen LogP) is 3.97. The Balaban J connectivity index is 1.35. The van der Waals surface area contributed by atoms with Crippen LogP contribution in [-0.2, 0) is 6.54 Å². The van der Waals surface area contributed by atoms with Gasteiger partial charge in [0.2, 0.25) is 0 Å². The summed E-state index contributed by atoms with van der Waals surface area (Å²) in [4.78, 5) is 17.0. The van der Waals surface area contributed by atoms with Crippen LogP contribution in [0.25, 0.3) is 11.1 Å². The molecular formula is C20H20N2O2S. The zero-order valence-corrected chi connectivity index (χ0v) is 14.7. The number of piperazine rings is 1. The van der Waals surface area contributed by atoms with Crippen molar-refractivity contribution >= 4 is 17.2 Å². The Kier molecular flexibility index (Phi) is 4.68. The van der Waals surface area contributed by atoms with Crippen LogP contribution in [0.5, 0.6) is 0 Å². The Morgan fingerprint density at radius 3 is 2.44 bits per heavy atom. The molecule has 0 N–H and O–H groups in total. The van der Waals surface area contributed by atoms with Crippen molar-refractivity contribution in [2.45, 2.75) is 6.54 Å². The van der Waals surface area contributed by atoms with E-state index < -0.39 is 0 Å². The smallest absolute Gasteiger partial charge is 0.253 e. The third kappa shape index (κ3) is 3.67. The summed E-state index contributed by atoms with van der Waals surface area (Å²) in [5.41, 5.74) is 3.12. The summed E-state index contributed by atoms with van der Waals surface area (Å²) < 4.78 is 5.40. The van der Waals surface area contributed by atoms with Gasteiger partial charge in [-0.2, -0.15) is 11.3 Å². The second kappa shape index (κ2) is 7.25. The highest BCUT2D eigenvalue weighted by atomic mass is 32.1. The second-order valence-electron chi connectivity index (χ2n) is 6.24. The fraction of sp³-hybridized carbons (Fsp3) is 0.250. The van der Waals surface area contributed by atoms with Crippen molar-refractivity contribution in [3.63, 3.8) is 0 Å². The summed E-state index contributed by atoms with van der Waals surface area (Å²) in [7, 11) is 0. The van der Waals surface area contributed by atoms with E-state index in [2.05, 4.69) is 21.7 Å². The van der Waals surface area contributed by atoms with E-state index in [1.54, 1.807) is 17.6 Å². The average Bonchev–Trinajstić information content (AvgIpc) is 3.36. The quantitative estimate of drug-likeness (QED) is 0.713. The molecule has 0 radical (unpaired) electrons. The van der Waals surface area contributed by atoms with Gasteiger partial charge in [0.25, 0.3) is 5.91 Å². The Morgan fingerprint density at radius 1 is 1.00 bits per heavy atom. The maximum Gasteiger partial charge on any atom is 0.253 e. The molecule has 0 saturated carbocycles. The molecule has 1 aliphatic heterocycles. The molecular weight excluding hydrogens is 332 g/mol. The summed E-state index contributed by atoms with van der Waals surface area (Å²) in [5.74, 6) is 1.10. The summed E-state index contributed by atoms with van der Waals surface area (Å²) in [5, 5.41) is 4.19. The number of hydrogen-bond donors (Lipinski definition) is 0. The van der Waals surface area contributed by atoms with Gasteiger partial charge in [-0.25, -0.2) is 0 Å². The van der Waals surface area contributed by atoms with Gasteiger partial charge in [-0.15, -0.1) is 0 Å². The molecule has 1 aromatic carbocycles. The normalized spacial score (nSPS) is 15.4. The molecule has 4 rings (SSSR count). The van der Waals surface area contributed by atoms with Crippen molar-refractivity contribution in [1.29, 1.82) is 0 Å². The Morgan fingerprint density at radius 2 is 1.80 bits per heavy atom. The van der Waals surface area contributed by atoms with Crippen LogP contribution in [0.4, 0.5) is 0 Å². The van der Waals surface area contributed by atoms with Gasteiger partial charge in [-0.1, -0.05) is 12.1 Å². The molecule has 3 heterocycles. The minimum Gasteiger partial charge on any atom is -0.468 e. The molecule has 4 nitrogen and oxygen atoms in total. The maximum atomic E-state index is 12.7. The third-order valence-electron chi connectivity index (χ3n) is 4.61. The number of furan rings is 1. The summed E-state index contributed by atoms with van der Waals surface area (Å²) in [6, 6.07) is 13.9. The first-order valence-corrected chi connectivity index (χ1v) is 9.40. The molecule has 0 aliphatic carbocycles. The molecule has 2 aromatic heterocycles. The lowest BCUT2D eigenvalue weighted by Gasteiger charge is -2.34. The van der Waals surface area contributed by atoms with Gasteiger partial charge in [0.05, 0.1) is 12.8 Å². The molecule has 0 spiro atoms. The van der Waals surface area contributed by atoms with Crippen LogP contribution >= 0.6 is 11.3 Å². The molecule has 0 unspecified atom stereocenters. The van der Waals surface area contributed by atoms with Crippen LogP contribution in [0.3, 0.4) is 0 Å². The molecule has 25 heavy (non-hydrogen) atoms. The molecule has 1 fully saturated rings. The van der Waals surface area contributed by atoms with E-state index in [-0.39, 0.29) is 5.91 Å². The monoisotopic (exact) mass is 352 g/mol. The van der Waals surface area contributed by atoms with E-state index >= 15 is 0 Å². The van der Waals surface area contributed by atoms with Gasteiger partial charge in [-0.05, 0) is 52.2 Å². The fourth-order valence-corrected chi connectivity index (χ4v) is 3.81. The maximum absolute atomic E-state index is 12.7. The largest absolute Gasteiger partial charge is 0.468 e.